The number of benzene rings is 1. The number of nitrogens with one attached hydrogen (secondary N) is 1. The average molecular weight is 275 g/mol. The van der Waals surface area contributed by atoms with Gasteiger partial charge < -0.3 is 15.2 Å². The number of rotatable bonds is 5. The second-order valence-electron chi connectivity index (χ2n) is 6.44. The SMILES string of the molecule is Cc1ccc(C(NCC2(O)CCOCC2)C2CC2)cc1. The van der Waals surface area contributed by atoms with E-state index in [2.05, 4.69) is 36.5 Å². The highest BCUT2D eigenvalue weighted by molar-refractivity contribution is 5.25. The van der Waals surface area contributed by atoms with Crippen LogP contribution in [-0.4, -0.2) is 30.5 Å². The molecule has 0 aromatic heterocycles. The van der Waals surface area contributed by atoms with Gasteiger partial charge in [-0.1, -0.05) is 29.8 Å². The lowest BCUT2D eigenvalue weighted by molar-refractivity contribution is -0.0631. The molecule has 1 atom stereocenters. The molecule has 3 heteroatoms. The summed E-state index contributed by atoms with van der Waals surface area (Å²) in [7, 11) is 0. The normalized spacial score (nSPS) is 23.5. The molecule has 1 aromatic rings. The molecule has 3 nitrogen and oxygen atoms in total. The molecule has 0 spiro atoms. The number of hydrogen-bond acceptors (Lipinski definition) is 3. The lowest BCUT2D eigenvalue weighted by Gasteiger charge is -2.34. The van der Waals surface area contributed by atoms with Crippen LogP contribution in [0, 0.1) is 12.8 Å². The topological polar surface area (TPSA) is 41.5 Å². The fourth-order valence-electron chi connectivity index (χ4n) is 2.99. The summed E-state index contributed by atoms with van der Waals surface area (Å²) in [5.41, 5.74) is 2.07. The van der Waals surface area contributed by atoms with Gasteiger partial charge in [0.25, 0.3) is 0 Å². The van der Waals surface area contributed by atoms with Crippen molar-refractivity contribution < 1.29 is 9.84 Å². The van der Waals surface area contributed by atoms with Crippen LogP contribution in [0.1, 0.15) is 42.9 Å². The summed E-state index contributed by atoms with van der Waals surface area (Å²) >= 11 is 0. The number of aryl methyl sites for hydroxylation is 1. The Balaban J connectivity index is 1.64. The van der Waals surface area contributed by atoms with Crippen molar-refractivity contribution in [1.82, 2.24) is 5.32 Å². The molecular weight excluding hydrogens is 250 g/mol. The Morgan fingerprint density at radius 3 is 2.50 bits per heavy atom. The number of ether oxygens (including phenoxy) is 1. The van der Waals surface area contributed by atoms with E-state index in [0.29, 0.717) is 25.8 Å². The van der Waals surface area contributed by atoms with Crippen molar-refractivity contribution in [2.75, 3.05) is 19.8 Å². The highest BCUT2D eigenvalue weighted by atomic mass is 16.5. The fraction of sp³-hybridized carbons (Fsp3) is 0.647. The first-order valence-corrected chi connectivity index (χ1v) is 7.76. The summed E-state index contributed by atoms with van der Waals surface area (Å²) in [6.07, 6.45) is 4.08. The summed E-state index contributed by atoms with van der Waals surface area (Å²) in [5.74, 6) is 0.737. The molecule has 1 aromatic carbocycles. The van der Waals surface area contributed by atoms with Crippen molar-refractivity contribution in [3.8, 4) is 0 Å². The van der Waals surface area contributed by atoms with Gasteiger partial charge in [-0.15, -0.1) is 0 Å². The Morgan fingerprint density at radius 1 is 1.25 bits per heavy atom. The summed E-state index contributed by atoms with van der Waals surface area (Å²) < 4.78 is 5.34. The van der Waals surface area contributed by atoms with E-state index >= 15 is 0 Å². The van der Waals surface area contributed by atoms with Gasteiger partial charge in [0.1, 0.15) is 0 Å². The Kier molecular flexibility index (Phi) is 4.11. The highest BCUT2D eigenvalue weighted by Gasteiger charge is 2.35. The average Bonchev–Trinajstić information content (AvgIpc) is 3.26. The van der Waals surface area contributed by atoms with Gasteiger partial charge in [0, 0.05) is 38.6 Å². The minimum Gasteiger partial charge on any atom is -0.388 e. The molecule has 3 rings (SSSR count). The lowest BCUT2D eigenvalue weighted by atomic mass is 9.93. The van der Waals surface area contributed by atoms with E-state index in [1.165, 1.54) is 24.0 Å². The minimum atomic E-state index is -0.587. The van der Waals surface area contributed by atoms with Crippen molar-refractivity contribution in [1.29, 1.82) is 0 Å². The third kappa shape index (κ3) is 3.40. The lowest BCUT2D eigenvalue weighted by Crippen LogP contribution is -2.46. The molecular formula is C17H25NO2. The summed E-state index contributed by atoms with van der Waals surface area (Å²) in [4.78, 5) is 0. The van der Waals surface area contributed by atoms with Crippen LogP contribution in [0.2, 0.25) is 0 Å². The molecule has 1 aliphatic heterocycles. The predicted molar refractivity (Wildman–Crippen MR) is 79.6 cm³/mol. The summed E-state index contributed by atoms with van der Waals surface area (Å²) in [6.45, 7) is 4.15. The predicted octanol–water partition coefficient (Wildman–Crippen LogP) is 2.58. The molecule has 1 unspecified atom stereocenters. The highest BCUT2D eigenvalue weighted by Crippen LogP contribution is 2.41. The van der Waals surface area contributed by atoms with Gasteiger partial charge >= 0.3 is 0 Å². The molecule has 0 bridgehead atoms. The maximum atomic E-state index is 10.6. The maximum absolute atomic E-state index is 10.6. The second-order valence-corrected chi connectivity index (χ2v) is 6.44. The quantitative estimate of drug-likeness (QED) is 0.868. The zero-order chi connectivity index (χ0) is 14.0. The van der Waals surface area contributed by atoms with Crippen LogP contribution in [-0.2, 0) is 4.74 Å². The zero-order valence-corrected chi connectivity index (χ0v) is 12.3. The second kappa shape index (κ2) is 5.84. The van der Waals surface area contributed by atoms with Gasteiger partial charge in [-0.2, -0.15) is 0 Å². The van der Waals surface area contributed by atoms with Crippen LogP contribution in [0.25, 0.3) is 0 Å². The van der Waals surface area contributed by atoms with E-state index in [1.54, 1.807) is 0 Å². The van der Waals surface area contributed by atoms with Crippen molar-refractivity contribution in [2.24, 2.45) is 5.92 Å². The Morgan fingerprint density at radius 2 is 1.90 bits per heavy atom. The van der Waals surface area contributed by atoms with E-state index in [-0.39, 0.29) is 0 Å². The van der Waals surface area contributed by atoms with Crippen LogP contribution in [0.15, 0.2) is 24.3 Å². The molecule has 2 fully saturated rings. The zero-order valence-electron chi connectivity index (χ0n) is 12.3. The van der Waals surface area contributed by atoms with Crippen LogP contribution >= 0.6 is 0 Å². The standard InChI is InChI=1S/C17H25NO2/c1-13-2-4-14(5-3-13)16(15-6-7-15)18-12-17(19)8-10-20-11-9-17/h2-5,15-16,18-19H,6-12H2,1H3. The van der Waals surface area contributed by atoms with Gasteiger partial charge in [-0.3, -0.25) is 0 Å². The summed E-state index contributed by atoms with van der Waals surface area (Å²) in [5, 5.41) is 14.2. The molecule has 2 aliphatic rings. The fourth-order valence-corrected chi connectivity index (χ4v) is 2.99. The van der Waals surface area contributed by atoms with Crippen LogP contribution < -0.4 is 5.32 Å². The van der Waals surface area contributed by atoms with Crippen molar-refractivity contribution >= 4 is 0 Å². The van der Waals surface area contributed by atoms with Crippen LogP contribution in [0.4, 0.5) is 0 Å². The molecule has 0 radical (unpaired) electrons. The molecule has 110 valence electrons. The Bertz CT molecular complexity index is 433. The third-order valence-corrected chi connectivity index (χ3v) is 4.60. The largest absolute Gasteiger partial charge is 0.388 e. The van der Waals surface area contributed by atoms with Crippen LogP contribution in [0.3, 0.4) is 0 Å². The van der Waals surface area contributed by atoms with E-state index < -0.39 is 5.60 Å². The van der Waals surface area contributed by atoms with Crippen LogP contribution in [0.5, 0.6) is 0 Å². The molecule has 1 saturated heterocycles. The molecule has 1 saturated carbocycles. The number of hydrogen-bond donors (Lipinski definition) is 2. The molecule has 2 N–H and O–H groups in total. The van der Waals surface area contributed by atoms with Gasteiger partial charge in [0.2, 0.25) is 0 Å². The maximum Gasteiger partial charge on any atom is 0.0815 e. The molecule has 0 amide bonds. The monoisotopic (exact) mass is 275 g/mol. The first-order chi connectivity index (χ1) is 9.66. The first-order valence-electron chi connectivity index (χ1n) is 7.76. The Labute approximate surface area is 121 Å². The third-order valence-electron chi connectivity index (χ3n) is 4.60. The summed E-state index contributed by atoms with van der Waals surface area (Å²) in [6, 6.07) is 9.19. The van der Waals surface area contributed by atoms with Gasteiger partial charge in [0.15, 0.2) is 0 Å². The van der Waals surface area contributed by atoms with E-state index in [1.807, 2.05) is 0 Å². The van der Waals surface area contributed by atoms with E-state index in [0.717, 1.165) is 18.8 Å². The van der Waals surface area contributed by atoms with Gasteiger partial charge in [-0.25, -0.2) is 0 Å². The van der Waals surface area contributed by atoms with Crippen molar-refractivity contribution in [2.45, 2.75) is 44.2 Å². The first kappa shape index (κ1) is 14.1. The molecule has 20 heavy (non-hydrogen) atoms. The van der Waals surface area contributed by atoms with Crippen molar-refractivity contribution in [3.63, 3.8) is 0 Å². The van der Waals surface area contributed by atoms with Gasteiger partial charge in [-0.05, 0) is 31.2 Å². The molecule has 1 heterocycles. The minimum absolute atomic E-state index is 0.391. The molecule has 1 aliphatic carbocycles. The number of aliphatic hydroxyl groups is 1. The van der Waals surface area contributed by atoms with Crippen molar-refractivity contribution in [3.05, 3.63) is 35.4 Å². The van der Waals surface area contributed by atoms with E-state index in [4.69, 9.17) is 4.74 Å². The van der Waals surface area contributed by atoms with Gasteiger partial charge in [0.05, 0.1) is 5.60 Å². The smallest absolute Gasteiger partial charge is 0.0815 e. The Hall–Kier alpha value is -0.900. The van der Waals surface area contributed by atoms with E-state index in [9.17, 15) is 5.11 Å².